The highest BCUT2D eigenvalue weighted by Crippen LogP contribution is 2.06. The van der Waals surface area contributed by atoms with Gasteiger partial charge in [0, 0.05) is 18.6 Å². The number of amides is 1. The second-order valence-electron chi connectivity index (χ2n) is 4.67. The average Bonchev–Trinajstić information content (AvgIpc) is 2.21. The molecule has 4 heteroatoms. The lowest BCUT2D eigenvalue weighted by Crippen LogP contribution is -2.47. The van der Waals surface area contributed by atoms with Crippen LogP contribution in [0.2, 0.25) is 0 Å². The van der Waals surface area contributed by atoms with Crippen LogP contribution in [0.1, 0.15) is 34.6 Å². The van der Waals surface area contributed by atoms with Crippen molar-refractivity contribution in [2.45, 2.75) is 46.7 Å². The minimum Gasteiger partial charge on any atom is -0.380 e. The first kappa shape index (κ1) is 15.4. The van der Waals surface area contributed by atoms with Gasteiger partial charge in [-0.15, -0.1) is 0 Å². The molecular weight excluding hydrogens is 204 g/mol. The van der Waals surface area contributed by atoms with Gasteiger partial charge in [0.05, 0.1) is 12.6 Å². The van der Waals surface area contributed by atoms with Crippen LogP contribution in [0.3, 0.4) is 0 Å². The standard InChI is InChI=1S/C12H26N2O2/c1-6-16-7-11(8(2)3)14-12(15)9(4)10(5)13/h8-11H,6-7,13H2,1-5H3,(H,14,15). The summed E-state index contributed by atoms with van der Waals surface area (Å²) in [4.78, 5) is 11.8. The summed E-state index contributed by atoms with van der Waals surface area (Å²) in [5, 5.41) is 2.99. The van der Waals surface area contributed by atoms with Crippen LogP contribution in [-0.2, 0) is 9.53 Å². The van der Waals surface area contributed by atoms with Gasteiger partial charge in [-0.3, -0.25) is 4.79 Å². The number of ether oxygens (including phenoxy) is 1. The molecule has 96 valence electrons. The highest BCUT2D eigenvalue weighted by molar-refractivity contribution is 5.79. The Balaban J connectivity index is 4.23. The second kappa shape index (κ2) is 7.63. The third kappa shape index (κ3) is 5.47. The fraction of sp³-hybridized carbons (Fsp3) is 0.917. The van der Waals surface area contributed by atoms with E-state index in [-0.39, 0.29) is 23.9 Å². The van der Waals surface area contributed by atoms with Crippen molar-refractivity contribution >= 4 is 5.91 Å². The van der Waals surface area contributed by atoms with Crippen molar-refractivity contribution in [2.75, 3.05) is 13.2 Å². The molecule has 0 fully saturated rings. The molecule has 0 bridgehead atoms. The first-order valence-electron chi connectivity index (χ1n) is 6.03. The Kier molecular flexibility index (Phi) is 7.34. The fourth-order valence-electron chi connectivity index (χ4n) is 1.20. The summed E-state index contributed by atoms with van der Waals surface area (Å²) in [5.74, 6) is 0.201. The van der Waals surface area contributed by atoms with Gasteiger partial charge >= 0.3 is 0 Å². The molecule has 1 amide bonds. The van der Waals surface area contributed by atoms with Crippen LogP contribution in [0, 0.1) is 11.8 Å². The number of hydrogen-bond donors (Lipinski definition) is 2. The van der Waals surface area contributed by atoms with Crippen LogP contribution >= 0.6 is 0 Å². The minimum absolute atomic E-state index is 0.00778. The Labute approximate surface area is 98.9 Å². The van der Waals surface area contributed by atoms with Crippen molar-refractivity contribution < 1.29 is 9.53 Å². The van der Waals surface area contributed by atoms with E-state index in [1.165, 1.54) is 0 Å². The summed E-state index contributed by atoms with van der Waals surface area (Å²) in [6.45, 7) is 11.0. The lowest BCUT2D eigenvalue weighted by molar-refractivity contribution is -0.126. The van der Waals surface area contributed by atoms with Crippen molar-refractivity contribution in [1.29, 1.82) is 0 Å². The molecule has 3 unspecified atom stereocenters. The fourth-order valence-corrected chi connectivity index (χ4v) is 1.20. The van der Waals surface area contributed by atoms with Gasteiger partial charge in [0.25, 0.3) is 0 Å². The molecule has 3 atom stereocenters. The summed E-state index contributed by atoms with van der Waals surface area (Å²) < 4.78 is 5.35. The van der Waals surface area contributed by atoms with Crippen LogP contribution in [0.5, 0.6) is 0 Å². The SMILES string of the molecule is CCOCC(NC(=O)C(C)C(C)N)C(C)C. The van der Waals surface area contributed by atoms with Crippen LogP contribution < -0.4 is 11.1 Å². The summed E-state index contributed by atoms with van der Waals surface area (Å²) in [6, 6.07) is -0.0615. The summed E-state index contributed by atoms with van der Waals surface area (Å²) in [5.41, 5.74) is 5.70. The Morgan fingerprint density at radius 2 is 1.88 bits per heavy atom. The predicted molar refractivity (Wildman–Crippen MR) is 66.1 cm³/mol. The molecule has 0 aromatic carbocycles. The largest absolute Gasteiger partial charge is 0.380 e. The molecular formula is C12H26N2O2. The smallest absolute Gasteiger partial charge is 0.224 e. The number of nitrogens with two attached hydrogens (primary N) is 1. The molecule has 0 rings (SSSR count). The molecule has 0 saturated heterocycles. The Hall–Kier alpha value is -0.610. The molecule has 0 aliphatic carbocycles. The van der Waals surface area contributed by atoms with E-state index in [2.05, 4.69) is 19.2 Å². The minimum atomic E-state index is -0.164. The Morgan fingerprint density at radius 1 is 1.31 bits per heavy atom. The third-order valence-electron chi connectivity index (χ3n) is 2.84. The number of hydrogen-bond acceptors (Lipinski definition) is 3. The normalized spacial score (nSPS) is 16.9. The summed E-state index contributed by atoms with van der Waals surface area (Å²) >= 11 is 0. The van der Waals surface area contributed by atoms with E-state index in [1.54, 1.807) is 0 Å². The second-order valence-corrected chi connectivity index (χ2v) is 4.67. The zero-order valence-electron chi connectivity index (χ0n) is 11.1. The molecule has 0 saturated carbocycles. The number of rotatable bonds is 7. The van der Waals surface area contributed by atoms with Gasteiger partial charge < -0.3 is 15.8 Å². The van der Waals surface area contributed by atoms with Crippen molar-refractivity contribution in [3.63, 3.8) is 0 Å². The van der Waals surface area contributed by atoms with E-state index in [4.69, 9.17) is 10.5 Å². The van der Waals surface area contributed by atoms with E-state index in [0.717, 1.165) is 0 Å². The van der Waals surface area contributed by atoms with E-state index in [1.807, 2.05) is 20.8 Å². The van der Waals surface area contributed by atoms with Crippen molar-refractivity contribution in [3.05, 3.63) is 0 Å². The van der Waals surface area contributed by atoms with E-state index >= 15 is 0 Å². The molecule has 0 aliphatic rings. The molecule has 0 spiro atoms. The quantitative estimate of drug-likeness (QED) is 0.689. The van der Waals surface area contributed by atoms with Gasteiger partial charge in [-0.1, -0.05) is 20.8 Å². The van der Waals surface area contributed by atoms with Crippen LogP contribution in [0.15, 0.2) is 0 Å². The van der Waals surface area contributed by atoms with Crippen molar-refractivity contribution in [3.8, 4) is 0 Å². The highest BCUT2D eigenvalue weighted by Gasteiger charge is 2.22. The first-order chi connectivity index (χ1) is 7.40. The van der Waals surface area contributed by atoms with Gasteiger partial charge in [0.2, 0.25) is 5.91 Å². The molecule has 0 heterocycles. The van der Waals surface area contributed by atoms with Gasteiger partial charge in [-0.25, -0.2) is 0 Å². The molecule has 0 radical (unpaired) electrons. The Morgan fingerprint density at radius 3 is 2.25 bits per heavy atom. The zero-order valence-corrected chi connectivity index (χ0v) is 11.1. The lowest BCUT2D eigenvalue weighted by Gasteiger charge is -2.25. The van der Waals surface area contributed by atoms with E-state index in [9.17, 15) is 4.79 Å². The molecule has 4 nitrogen and oxygen atoms in total. The van der Waals surface area contributed by atoms with Crippen molar-refractivity contribution in [2.24, 2.45) is 17.6 Å². The molecule has 16 heavy (non-hydrogen) atoms. The molecule has 0 aromatic heterocycles. The van der Waals surface area contributed by atoms with Gasteiger partial charge in [-0.05, 0) is 19.8 Å². The predicted octanol–water partition coefficient (Wildman–Crippen LogP) is 1.15. The maximum absolute atomic E-state index is 11.8. The van der Waals surface area contributed by atoms with Crippen LogP contribution in [-0.4, -0.2) is 31.2 Å². The van der Waals surface area contributed by atoms with Crippen LogP contribution in [0.4, 0.5) is 0 Å². The summed E-state index contributed by atoms with van der Waals surface area (Å²) in [7, 11) is 0. The van der Waals surface area contributed by atoms with Crippen molar-refractivity contribution in [1.82, 2.24) is 5.32 Å². The maximum atomic E-state index is 11.8. The molecule has 3 N–H and O–H groups in total. The monoisotopic (exact) mass is 230 g/mol. The number of carbonyl (C=O) groups is 1. The topological polar surface area (TPSA) is 64.3 Å². The zero-order chi connectivity index (χ0) is 12.7. The third-order valence-corrected chi connectivity index (χ3v) is 2.84. The van der Waals surface area contributed by atoms with Gasteiger partial charge in [-0.2, -0.15) is 0 Å². The Bertz CT molecular complexity index is 205. The average molecular weight is 230 g/mol. The summed E-state index contributed by atoms with van der Waals surface area (Å²) in [6.07, 6.45) is 0. The first-order valence-corrected chi connectivity index (χ1v) is 6.03. The molecule has 0 aromatic rings. The number of nitrogens with one attached hydrogen (secondary N) is 1. The number of carbonyl (C=O) groups excluding carboxylic acids is 1. The van der Waals surface area contributed by atoms with Gasteiger partial charge in [0.15, 0.2) is 0 Å². The van der Waals surface area contributed by atoms with Crippen LogP contribution in [0.25, 0.3) is 0 Å². The lowest BCUT2D eigenvalue weighted by atomic mass is 10.0. The van der Waals surface area contributed by atoms with E-state index < -0.39 is 0 Å². The van der Waals surface area contributed by atoms with E-state index in [0.29, 0.717) is 19.1 Å². The molecule has 0 aliphatic heterocycles. The highest BCUT2D eigenvalue weighted by atomic mass is 16.5. The van der Waals surface area contributed by atoms with Gasteiger partial charge in [0.1, 0.15) is 0 Å². The maximum Gasteiger partial charge on any atom is 0.224 e.